The number of fused-ring (bicyclic) bond motifs is 5. The largest absolute Gasteiger partial charge is 0.458 e. The number of cyclic esters (lactones) is 1. The van der Waals surface area contributed by atoms with E-state index in [1.165, 1.54) is 35.8 Å². The Bertz CT molecular complexity index is 3240. The molecule has 3 aliphatic heterocycles. The molecular formula is C54H56F4N8O13. The van der Waals surface area contributed by atoms with E-state index in [9.17, 15) is 66.2 Å². The number of aromatic nitrogens is 2. The van der Waals surface area contributed by atoms with Crippen LogP contribution in [-0.2, 0) is 84.2 Å². The second-order valence-corrected chi connectivity index (χ2v) is 19.6. The Morgan fingerprint density at radius 1 is 0.873 bits per heavy atom. The highest BCUT2D eigenvalue weighted by atomic mass is 19.4. The molecule has 0 bridgehead atoms. The number of carbonyl (C=O) groups is 9. The lowest BCUT2D eigenvalue weighted by atomic mass is 9.76. The van der Waals surface area contributed by atoms with Gasteiger partial charge >= 0.3 is 12.1 Å². The number of imide groups is 1. The number of pyridine rings is 2. The number of rotatable bonds is 23. The van der Waals surface area contributed by atoms with E-state index in [2.05, 4.69) is 26.6 Å². The third-order valence-electron chi connectivity index (χ3n) is 14.5. The number of unbranched alkanes of at least 4 members (excludes halogenated alkanes) is 2. The van der Waals surface area contributed by atoms with Crippen LogP contribution in [0.3, 0.4) is 0 Å². The van der Waals surface area contributed by atoms with Gasteiger partial charge in [0.1, 0.15) is 25.2 Å². The Kier molecular flexibility index (Phi) is 17.2. The number of hydrogen-bond donors (Lipinski definition) is 6. The number of alkyl halides is 3. The normalized spacial score (nSPS) is 17.8. The number of ketones is 1. The molecule has 0 spiro atoms. The fourth-order valence-electron chi connectivity index (χ4n) is 10.3. The lowest BCUT2D eigenvalue weighted by Crippen LogP contribution is -2.52. The molecule has 0 radical (unpaired) electrons. The topological polar surface area (TPSA) is 291 Å². The number of hydrogen-bond acceptors (Lipinski definition) is 14. The first kappa shape index (κ1) is 57.0. The molecule has 418 valence electrons. The van der Waals surface area contributed by atoms with Crippen LogP contribution in [0.1, 0.15) is 96.7 Å². The van der Waals surface area contributed by atoms with Gasteiger partial charge in [-0.15, -0.1) is 0 Å². The summed E-state index contributed by atoms with van der Waals surface area (Å²) in [6.07, 6.45) is -5.14. The van der Waals surface area contributed by atoms with Crippen LogP contribution in [0.15, 0.2) is 59.4 Å². The van der Waals surface area contributed by atoms with Gasteiger partial charge in [0.15, 0.2) is 11.4 Å². The number of Topliss-reactive ketones (excluding diaryl/α,β-unsaturated/α-hetero) is 1. The second-order valence-electron chi connectivity index (χ2n) is 19.6. The van der Waals surface area contributed by atoms with Gasteiger partial charge in [-0.1, -0.05) is 43.7 Å². The van der Waals surface area contributed by atoms with Gasteiger partial charge in [-0.05, 0) is 73.3 Å². The fraction of sp³-hybridized carbons (Fsp3) is 0.426. The van der Waals surface area contributed by atoms with Crippen LogP contribution in [0.5, 0.6) is 0 Å². The average Bonchev–Trinajstić information content (AvgIpc) is 4.22. The van der Waals surface area contributed by atoms with Crippen molar-refractivity contribution in [3.63, 3.8) is 0 Å². The molecule has 7 amide bonds. The van der Waals surface area contributed by atoms with E-state index in [0.717, 1.165) is 4.90 Å². The van der Waals surface area contributed by atoms with E-state index in [4.69, 9.17) is 14.5 Å². The smallest absolute Gasteiger partial charge is 0.421 e. The number of halogens is 4. The summed E-state index contributed by atoms with van der Waals surface area (Å²) in [6.45, 7) is -0.276. The van der Waals surface area contributed by atoms with Gasteiger partial charge in [0.25, 0.3) is 17.4 Å². The number of aliphatic hydroxyl groups is 1. The van der Waals surface area contributed by atoms with Crippen LogP contribution in [0.25, 0.3) is 22.3 Å². The van der Waals surface area contributed by atoms with E-state index in [0.29, 0.717) is 46.9 Å². The zero-order chi connectivity index (χ0) is 56.9. The first-order valence-electron chi connectivity index (χ1n) is 25.6. The molecule has 4 aliphatic rings. The minimum Gasteiger partial charge on any atom is -0.458 e. The lowest BCUT2D eigenvalue weighted by Gasteiger charge is -2.31. The molecule has 0 saturated carbocycles. The molecule has 8 rings (SSSR count). The molecule has 4 atom stereocenters. The molecular weight excluding hydrogens is 1040 g/mol. The van der Waals surface area contributed by atoms with Crippen LogP contribution in [0.4, 0.5) is 17.6 Å². The lowest BCUT2D eigenvalue weighted by molar-refractivity contribution is -0.219. The molecule has 79 heavy (non-hydrogen) atoms. The van der Waals surface area contributed by atoms with Gasteiger partial charge in [0.05, 0.1) is 48.6 Å². The molecule has 2 aromatic heterocycles. The molecule has 4 aromatic rings. The second kappa shape index (κ2) is 23.8. The minimum atomic E-state index is -5.27. The number of amides is 7. The van der Waals surface area contributed by atoms with Crippen molar-refractivity contribution in [3.8, 4) is 11.4 Å². The predicted octanol–water partition coefficient (Wildman–Crippen LogP) is 2.10. The molecule has 0 fully saturated rings. The summed E-state index contributed by atoms with van der Waals surface area (Å²) < 4.78 is 71.0. The molecule has 0 unspecified atom stereocenters. The molecule has 21 nitrogen and oxygen atoms in total. The maximum atomic E-state index is 15.4. The highest BCUT2D eigenvalue weighted by molar-refractivity contribution is 6.12. The van der Waals surface area contributed by atoms with Crippen LogP contribution >= 0.6 is 0 Å². The monoisotopic (exact) mass is 1100 g/mol. The van der Waals surface area contributed by atoms with Gasteiger partial charge in [0.2, 0.25) is 35.6 Å². The van der Waals surface area contributed by atoms with E-state index in [1.54, 1.807) is 37.3 Å². The number of ether oxygens (including phenoxy) is 2. The molecule has 5 heterocycles. The summed E-state index contributed by atoms with van der Waals surface area (Å²) in [7, 11) is 0. The molecule has 0 saturated heterocycles. The first-order chi connectivity index (χ1) is 37.6. The van der Waals surface area contributed by atoms with Gasteiger partial charge < -0.3 is 45.7 Å². The van der Waals surface area contributed by atoms with Crippen molar-refractivity contribution in [2.45, 2.75) is 115 Å². The van der Waals surface area contributed by atoms with E-state index in [1.807, 2.05) is 0 Å². The quantitative estimate of drug-likeness (QED) is 0.0180. The standard InChI is InChI=1S/C54H56F4N8O13/c1-3-53(77)34-20-38-48-32(25-66(38)51(75)33(34)26-78-52(53)76)46-30(13-14-31-28(2)35(55)21-36(64-48)47(31)46)19-39(67)49(54(56,57)58)79-27-62-42(70)23-61-50(74)37(18-29-10-6-4-7-11-29)63-43(71)24-60-41(69)22-59-40(68)12-8-5-9-17-65-44(72)15-16-45(65)73/h4,6-7,10-11,15-16,20-21,30,37,49,77H,3,5,8-9,12-14,17-19,22-27H2,1-2H3,(H,59,68)(H,60,69)(H,61,74)(H,62,70)(H,63,71)/t30-,37+,49+,53+/m1/s1. The summed E-state index contributed by atoms with van der Waals surface area (Å²) in [5.41, 5.74) is -0.0680. The van der Waals surface area contributed by atoms with E-state index < -0.39 is 134 Å². The number of nitrogens with one attached hydrogen (secondary N) is 5. The zero-order valence-corrected chi connectivity index (χ0v) is 42.9. The van der Waals surface area contributed by atoms with Gasteiger partial charge in [-0.25, -0.2) is 14.2 Å². The predicted molar refractivity (Wildman–Crippen MR) is 269 cm³/mol. The number of nitrogens with zero attached hydrogens (tertiary/aromatic N) is 3. The highest BCUT2D eigenvalue weighted by Crippen LogP contribution is 2.48. The van der Waals surface area contributed by atoms with Crippen molar-refractivity contribution in [1.29, 1.82) is 0 Å². The average molecular weight is 1100 g/mol. The summed E-state index contributed by atoms with van der Waals surface area (Å²) in [5, 5.41) is 23.4. The highest BCUT2D eigenvalue weighted by Gasteiger charge is 2.48. The number of aryl methyl sites for hydroxylation is 1. The summed E-state index contributed by atoms with van der Waals surface area (Å²) in [5.74, 6) is -8.57. The summed E-state index contributed by atoms with van der Waals surface area (Å²) in [4.78, 5) is 134. The molecule has 25 heteroatoms. The third-order valence-corrected chi connectivity index (χ3v) is 14.5. The number of carbonyl (C=O) groups excluding carboxylic acids is 9. The Morgan fingerprint density at radius 3 is 2.27 bits per heavy atom. The Labute approximate surface area is 447 Å². The van der Waals surface area contributed by atoms with Crippen LogP contribution in [0, 0.1) is 12.7 Å². The van der Waals surface area contributed by atoms with Crippen molar-refractivity contribution in [1.82, 2.24) is 41.0 Å². The van der Waals surface area contributed by atoms with Crippen LogP contribution in [-0.4, -0.2) is 124 Å². The maximum Gasteiger partial charge on any atom is 0.421 e. The molecule has 6 N–H and O–H groups in total. The minimum absolute atomic E-state index is 0.0146. The van der Waals surface area contributed by atoms with Gasteiger partial charge in [-0.2, -0.15) is 13.2 Å². The van der Waals surface area contributed by atoms with Crippen molar-refractivity contribution in [2.75, 3.05) is 32.9 Å². The first-order valence-corrected chi connectivity index (χ1v) is 25.6. The summed E-state index contributed by atoms with van der Waals surface area (Å²) in [6, 6.07) is 9.68. The van der Waals surface area contributed by atoms with Crippen molar-refractivity contribution >= 4 is 64.0 Å². The van der Waals surface area contributed by atoms with Crippen LogP contribution < -0.4 is 32.1 Å². The number of benzene rings is 2. The number of esters is 1. The SMILES string of the molecule is CC[C@@]1(O)C(=O)OCc2c1cc1n(c2=O)Cc2c-1nc1cc(F)c(C)c3c1c2[C@@H](CC(=O)[C@H](OCNC(=O)CNC(=O)[C@H](Cc1ccccc1)NC(=O)CNC(=O)CNC(=O)CCCCCN1C(=O)C=CC1=O)C(F)(F)F)CC3. The Hall–Kier alpha value is -8.19. The van der Waals surface area contributed by atoms with Gasteiger partial charge in [0, 0.05) is 60.5 Å². The molecule has 1 aliphatic carbocycles. The Balaban J connectivity index is 0.856. The van der Waals surface area contributed by atoms with Crippen molar-refractivity contribution in [3.05, 3.63) is 110 Å². The fourth-order valence-corrected chi connectivity index (χ4v) is 10.3. The molecule has 2 aromatic carbocycles. The van der Waals surface area contributed by atoms with E-state index >= 15 is 4.39 Å². The van der Waals surface area contributed by atoms with Crippen molar-refractivity contribution in [2.24, 2.45) is 0 Å². The Morgan fingerprint density at radius 2 is 1.56 bits per heavy atom. The zero-order valence-electron chi connectivity index (χ0n) is 42.9. The van der Waals surface area contributed by atoms with Gasteiger partial charge in [-0.3, -0.25) is 48.1 Å². The van der Waals surface area contributed by atoms with Crippen LogP contribution in [0.2, 0.25) is 0 Å². The van der Waals surface area contributed by atoms with E-state index in [-0.39, 0.29) is 78.8 Å². The van der Waals surface area contributed by atoms with Crippen molar-refractivity contribution < 1.29 is 75.3 Å². The summed E-state index contributed by atoms with van der Waals surface area (Å²) >= 11 is 0. The third kappa shape index (κ3) is 12.4. The maximum absolute atomic E-state index is 15.4.